The van der Waals surface area contributed by atoms with Crippen molar-refractivity contribution in [3.8, 4) is 0 Å². The molecule has 0 saturated heterocycles. The van der Waals surface area contributed by atoms with E-state index in [1.807, 2.05) is 0 Å². The maximum Gasteiger partial charge on any atom is 0.272 e. The number of aromatic nitrogens is 2. The van der Waals surface area contributed by atoms with Gasteiger partial charge in [-0.15, -0.1) is 0 Å². The highest BCUT2D eigenvalue weighted by Gasteiger charge is 2.16. The molecule has 2 heterocycles. The summed E-state index contributed by atoms with van der Waals surface area (Å²) >= 11 is 0. The number of amides is 3. The molecule has 0 fully saturated rings. The van der Waals surface area contributed by atoms with E-state index in [0.29, 0.717) is 22.8 Å². The molecule has 0 aliphatic rings. The highest BCUT2D eigenvalue weighted by atomic mass is 16.2. The Hall–Kier alpha value is -3.56. The van der Waals surface area contributed by atoms with Crippen molar-refractivity contribution < 1.29 is 14.4 Å². The van der Waals surface area contributed by atoms with Crippen molar-refractivity contribution in [1.82, 2.24) is 14.5 Å². The number of anilines is 2. The summed E-state index contributed by atoms with van der Waals surface area (Å²) in [5.74, 6) is -0.929. The molecule has 144 valence electrons. The second-order valence-corrected chi connectivity index (χ2v) is 6.12. The summed E-state index contributed by atoms with van der Waals surface area (Å²) in [4.78, 5) is 35.8. The molecular weight excluding hydrogens is 350 g/mol. The molecule has 0 aromatic carbocycles. The van der Waals surface area contributed by atoms with Gasteiger partial charge in [0.1, 0.15) is 11.4 Å². The third-order valence-electron chi connectivity index (χ3n) is 3.73. The van der Waals surface area contributed by atoms with Crippen LogP contribution in [-0.4, -0.2) is 39.2 Å². The second kappa shape index (κ2) is 8.21. The summed E-state index contributed by atoms with van der Waals surface area (Å²) in [7, 11) is 3.38. The lowest BCUT2D eigenvalue weighted by Crippen LogP contribution is -2.28. The fraction of sp³-hybridized carbons (Fsp3) is 0.294. The predicted molar refractivity (Wildman–Crippen MR) is 102 cm³/mol. The zero-order chi connectivity index (χ0) is 20.1. The lowest BCUT2D eigenvalue weighted by Gasteiger charge is -2.04. The standard InChI is InChI=1S/C17H23N7O3/c1-10(25)21-11-6-14(24(3)8-11)17(27)22-12-7-13(23(2)9-12)16(26)20-5-4-15(18)19/h6-9H,4-5H2,1-3H3,(H3,18,19)(H,20,26)(H,21,25)(H,22,27). The van der Waals surface area contributed by atoms with Crippen molar-refractivity contribution in [1.29, 1.82) is 5.41 Å². The number of hydrogen-bond donors (Lipinski definition) is 5. The molecular formula is C17H23N7O3. The first-order chi connectivity index (χ1) is 12.7. The Morgan fingerprint density at radius 3 is 2.04 bits per heavy atom. The highest BCUT2D eigenvalue weighted by Crippen LogP contribution is 2.17. The van der Waals surface area contributed by atoms with Gasteiger partial charge in [-0.3, -0.25) is 19.8 Å². The van der Waals surface area contributed by atoms with E-state index in [-0.39, 0.29) is 36.5 Å². The minimum Gasteiger partial charge on any atom is -0.388 e. The van der Waals surface area contributed by atoms with E-state index in [1.165, 1.54) is 6.92 Å². The first-order valence-corrected chi connectivity index (χ1v) is 8.20. The summed E-state index contributed by atoms with van der Waals surface area (Å²) in [5.41, 5.74) is 6.96. The van der Waals surface area contributed by atoms with Gasteiger partial charge in [-0.25, -0.2) is 0 Å². The quantitative estimate of drug-likeness (QED) is 0.358. The van der Waals surface area contributed by atoms with Crippen LogP contribution >= 0.6 is 0 Å². The Morgan fingerprint density at radius 2 is 1.52 bits per heavy atom. The lowest BCUT2D eigenvalue weighted by molar-refractivity contribution is -0.114. The fourth-order valence-corrected chi connectivity index (χ4v) is 2.52. The maximum atomic E-state index is 12.5. The minimum absolute atomic E-state index is 0.00340. The molecule has 0 saturated carbocycles. The summed E-state index contributed by atoms with van der Waals surface area (Å²) in [6.45, 7) is 1.65. The summed E-state index contributed by atoms with van der Waals surface area (Å²) in [6, 6.07) is 3.12. The van der Waals surface area contributed by atoms with Gasteiger partial charge in [-0.1, -0.05) is 0 Å². The number of carbonyl (C=O) groups is 3. The zero-order valence-electron chi connectivity index (χ0n) is 15.4. The Bertz CT molecular complexity index is 894. The van der Waals surface area contributed by atoms with Crippen molar-refractivity contribution in [3.05, 3.63) is 35.9 Å². The molecule has 0 spiro atoms. The van der Waals surface area contributed by atoms with Gasteiger partial charge in [0.25, 0.3) is 11.8 Å². The average molecular weight is 373 g/mol. The van der Waals surface area contributed by atoms with Crippen molar-refractivity contribution in [2.45, 2.75) is 13.3 Å². The van der Waals surface area contributed by atoms with Gasteiger partial charge in [-0.2, -0.15) is 0 Å². The average Bonchev–Trinajstić information content (AvgIpc) is 3.08. The lowest BCUT2D eigenvalue weighted by atomic mass is 10.3. The Balaban J connectivity index is 2.06. The topological polar surface area (TPSA) is 147 Å². The van der Waals surface area contributed by atoms with Crippen LogP contribution in [-0.2, 0) is 18.9 Å². The van der Waals surface area contributed by atoms with Crippen LogP contribution in [0.15, 0.2) is 24.5 Å². The van der Waals surface area contributed by atoms with E-state index < -0.39 is 0 Å². The molecule has 2 rings (SSSR count). The largest absolute Gasteiger partial charge is 0.388 e. The van der Waals surface area contributed by atoms with Gasteiger partial charge in [0, 0.05) is 46.4 Å². The number of carbonyl (C=O) groups excluding carboxylic acids is 3. The third kappa shape index (κ3) is 5.21. The van der Waals surface area contributed by atoms with E-state index in [0.717, 1.165) is 0 Å². The normalized spacial score (nSPS) is 10.3. The molecule has 0 radical (unpaired) electrons. The molecule has 27 heavy (non-hydrogen) atoms. The number of amidine groups is 1. The molecule has 0 aliphatic carbocycles. The number of aryl methyl sites for hydroxylation is 2. The van der Waals surface area contributed by atoms with Crippen LogP contribution < -0.4 is 21.7 Å². The van der Waals surface area contributed by atoms with Gasteiger partial charge in [0.05, 0.1) is 17.2 Å². The second-order valence-electron chi connectivity index (χ2n) is 6.12. The Kier molecular flexibility index (Phi) is 6.01. The third-order valence-corrected chi connectivity index (χ3v) is 3.73. The van der Waals surface area contributed by atoms with E-state index in [1.54, 1.807) is 47.8 Å². The van der Waals surface area contributed by atoms with Crippen LogP contribution in [0.4, 0.5) is 11.4 Å². The summed E-state index contributed by atoms with van der Waals surface area (Å²) < 4.78 is 3.19. The van der Waals surface area contributed by atoms with Crippen molar-refractivity contribution in [2.75, 3.05) is 17.2 Å². The maximum absolute atomic E-state index is 12.5. The Morgan fingerprint density at radius 1 is 1.00 bits per heavy atom. The fourth-order valence-electron chi connectivity index (χ4n) is 2.52. The molecule has 10 nitrogen and oxygen atoms in total. The number of nitrogens with zero attached hydrogens (tertiary/aromatic N) is 2. The first-order valence-electron chi connectivity index (χ1n) is 8.20. The number of nitrogens with one attached hydrogen (secondary N) is 4. The van der Waals surface area contributed by atoms with Gasteiger partial charge in [0.2, 0.25) is 5.91 Å². The van der Waals surface area contributed by atoms with Crippen LogP contribution in [0.25, 0.3) is 0 Å². The smallest absolute Gasteiger partial charge is 0.272 e. The first kappa shape index (κ1) is 19.8. The molecule has 3 amide bonds. The van der Waals surface area contributed by atoms with Crippen molar-refractivity contribution >= 4 is 34.9 Å². The molecule has 10 heteroatoms. The summed E-state index contributed by atoms with van der Waals surface area (Å²) in [5, 5.41) is 15.2. The molecule has 2 aromatic heterocycles. The number of nitrogens with two attached hydrogens (primary N) is 1. The number of rotatable bonds is 7. The van der Waals surface area contributed by atoms with Crippen LogP contribution in [0.3, 0.4) is 0 Å². The molecule has 6 N–H and O–H groups in total. The predicted octanol–water partition coefficient (Wildman–Crippen LogP) is 0.630. The monoisotopic (exact) mass is 373 g/mol. The van der Waals surface area contributed by atoms with Crippen molar-refractivity contribution in [2.24, 2.45) is 19.8 Å². The van der Waals surface area contributed by atoms with E-state index in [9.17, 15) is 14.4 Å². The molecule has 0 atom stereocenters. The minimum atomic E-state index is -0.372. The van der Waals surface area contributed by atoms with Gasteiger partial charge >= 0.3 is 0 Å². The zero-order valence-corrected chi connectivity index (χ0v) is 15.4. The van der Waals surface area contributed by atoms with Crippen LogP contribution in [0, 0.1) is 5.41 Å². The molecule has 0 unspecified atom stereocenters. The SMILES string of the molecule is CC(=O)Nc1cc(C(=O)Nc2cc(C(=O)NCCC(=N)N)n(C)c2)n(C)c1. The molecule has 0 bridgehead atoms. The highest BCUT2D eigenvalue weighted by molar-refractivity contribution is 6.05. The van der Waals surface area contributed by atoms with Gasteiger partial charge in [-0.05, 0) is 12.1 Å². The molecule has 0 aliphatic heterocycles. The van der Waals surface area contributed by atoms with Gasteiger partial charge in [0.15, 0.2) is 0 Å². The van der Waals surface area contributed by atoms with Gasteiger partial charge < -0.3 is 30.8 Å². The summed E-state index contributed by atoms with van der Waals surface area (Å²) in [6.07, 6.45) is 3.52. The van der Waals surface area contributed by atoms with E-state index in [4.69, 9.17) is 11.1 Å². The van der Waals surface area contributed by atoms with Crippen LogP contribution in [0.1, 0.15) is 34.3 Å². The number of hydrogen-bond acceptors (Lipinski definition) is 4. The Labute approximate surface area is 156 Å². The van der Waals surface area contributed by atoms with Crippen LogP contribution in [0.2, 0.25) is 0 Å². The van der Waals surface area contributed by atoms with Crippen LogP contribution in [0.5, 0.6) is 0 Å². The van der Waals surface area contributed by atoms with E-state index in [2.05, 4.69) is 16.0 Å². The molecule has 2 aromatic rings. The van der Waals surface area contributed by atoms with E-state index >= 15 is 0 Å². The van der Waals surface area contributed by atoms with Crippen molar-refractivity contribution in [3.63, 3.8) is 0 Å².